The molecule has 13 aromatic rings. The molecule has 0 saturated carbocycles. The zero-order valence-corrected chi connectivity index (χ0v) is 27.5. The van der Waals surface area contributed by atoms with E-state index >= 15 is 0 Å². The molecule has 1 aromatic heterocycles. The van der Waals surface area contributed by atoms with Crippen molar-refractivity contribution in [2.24, 2.45) is 0 Å². The van der Waals surface area contributed by atoms with Crippen molar-refractivity contribution in [3.05, 3.63) is 181 Å². The maximum absolute atomic E-state index is 10.5. The van der Waals surface area contributed by atoms with Crippen molar-refractivity contribution in [1.82, 2.24) is 0 Å². The highest BCUT2D eigenvalue weighted by Gasteiger charge is 2.19. The molecule has 0 atom stereocenters. The maximum atomic E-state index is 10.5. The highest BCUT2D eigenvalue weighted by Crippen LogP contribution is 2.46. The number of furan rings is 1. The summed E-state index contributed by atoms with van der Waals surface area (Å²) < 4.78 is 274. The predicted molar refractivity (Wildman–Crippen MR) is 235 cm³/mol. The minimum Gasteiger partial charge on any atom is -0.456 e. The first-order chi connectivity index (χ1) is 39.4. The van der Waals surface area contributed by atoms with Gasteiger partial charge in [-0.05, 0) is 133 Å². The molecule has 0 spiro atoms. The molecular formula is C54H30O. The zero-order valence-electron chi connectivity index (χ0n) is 56.5. The summed E-state index contributed by atoms with van der Waals surface area (Å²) in [5.74, 6) is 0. The molecule has 0 radical (unpaired) electrons. The van der Waals surface area contributed by atoms with Crippen molar-refractivity contribution in [2.75, 3.05) is 0 Å². The molecule has 0 aliphatic heterocycles. The maximum Gasteiger partial charge on any atom is 0.136 e. The molecule has 0 amide bonds. The Labute approximate surface area is 356 Å². The molecule has 0 saturated heterocycles. The fourth-order valence-electron chi connectivity index (χ4n) is 7.58. The molecule has 0 N–H and O–H groups in total. The Bertz CT molecular complexity index is 5360. The fraction of sp³-hybridized carbons (Fsp3) is 0. The normalized spacial score (nSPS) is 19.7. The number of fused-ring (bicyclic) bond motifs is 5. The second-order valence-corrected chi connectivity index (χ2v) is 12.9. The lowest BCUT2D eigenvalue weighted by Crippen LogP contribution is -1.92. The van der Waals surface area contributed by atoms with Gasteiger partial charge in [0, 0.05) is 10.8 Å². The molecule has 13 rings (SSSR count). The molecule has 0 fully saturated rings. The van der Waals surface area contributed by atoms with Crippen molar-refractivity contribution >= 4 is 97.3 Å². The second kappa shape index (κ2) is 10.7. The molecule has 1 heterocycles. The third-order valence-corrected chi connectivity index (χ3v) is 9.99. The number of hydrogen-bond donors (Lipinski definition) is 0. The molecule has 1 heteroatoms. The molecule has 1 nitrogen and oxygen atoms in total. The van der Waals surface area contributed by atoms with Crippen LogP contribution in [0.5, 0.6) is 0 Å². The van der Waals surface area contributed by atoms with Gasteiger partial charge in [-0.15, -0.1) is 0 Å². The van der Waals surface area contributed by atoms with Gasteiger partial charge < -0.3 is 4.42 Å². The zero-order chi connectivity index (χ0) is 61.0. The molecule has 55 heavy (non-hydrogen) atoms. The van der Waals surface area contributed by atoms with Crippen LogP contribution in [0.3, 0.4) is 0 Å². The molecule has 0 bridgehead atoms. The Hall–Kier alpha value is -7.22. The van der Waals surface area contributed by atoms with Crippen LogP contribution in [0.1, 0.15) is 39.8 Å². The third kappa shape index (κ3) is 4.02. The van der Waals surface area contributed by atoms with Crippen molar-refractivity contribution in [3.63, 3.8) is 0 Å². The Balaban J connectivity index is 1.32. The van der Waals surface area contributed by atoms with Gasteiger partial charge in [0.2, 0.25) is 0 Å². The van der Waals surface area contributed by atoms with Crippen LogP contribution in [0.2, 0.25) is 0 Å². The summed E-state index contributed by atoms with van der Waals surface area (Å²) in [6.07, 6.45) is 0. The Morgan fingerprint density at radius 3 is 1.51 bits per heavy atom. The van der Waals surface area contributed by atoms with E-state index in [4.69, 9.17) is 25.0 Å². The van der Waals surface area contributed by atoms with Gasteiger partial charge in [0.05, 0.1) is 39.8 Å². The van der Waals surface area contributed by atoms with Crippen LogP contribution in [0, 0.1) is 0 Å². The van der Waals surface area contributed by atoms with Crippen molar-refractivity contribution < 1.29 is 44.2 Å². The number of hydrogen-bond acceptors (Lipinski definition) is 1. The smallest absolute Gasteiger partial charge is 0.136 e. The van der Waals surface area contributed by atoms with Crippen LogP contribution in [0.25, 0.3) is 131 Å². The van der Waals surface area contributed by atoms with E-state index in [-0.39, 0.29) is 32.3 Å². The molecule has 0 aliphatic rings. The van der Waals surface area contributed by atoms with Gasteiger partial charge >= 0.3 is 0 Å². The number of rotatable bonds is 3. The topological polar surface area (TPSA) is 13.1 Å². The van der Waals surface area contributed by atoms with Crippen molar-refractivity contribution in [1.29, 1.82) is 0 Å². The Morgan fingerprint density at radius 1 is 0.291 bits per heavy atom. The summed E-state index contributed by atoms with van der Waals surface area (Å²) in [6.45, 7) is 0. The quantitative estimate of drug-likeness (QED) is 0.165. The minimum atomic E-state index is -1.07. The lowest BCUT2D eigenvalue weighted by Gasteiger charge is -2.19. The monoisotopic (exact) mass is 723 g/mol. The first-order valence-electron chi connectivity index (χ1n) is 31.2. The van der Waals surface area contributed by atoms with E-state index in [1.807, 2.05) is 0 Å². The summed E-state index contributed by atoms with van der Waals surface area (Å²) in [7, 11) is 0. The van der Waals surface area contributed by atoms with E-state index in [9.17, 15) is 19.2 Å². The molecule has 0 unspecified atom stereocenters. The van der Waals surface area contributed by atoms with E-state index in [0.29, 0.717) is 0 Å². The third-order valence-electron chi connectivity index (χ3n) is 9.99. The fourth-order valence-corrected chi connectivity index (χ4v) is 7.58. The summed E-state index contributed by atoms with van der Waals surface area (Å²) >= 11 is 0. The molecular weight excluding hydrogens is 665 g/mol. The largest absolute Gasteiger partial charge is 0.456 e. The highest BCUT2D eigenvalue weighted by atomic mass is 16.3. The lowest BCUT2D eigenvalue weighted by atomic mass is 9.84. The minimum absolute atomic E-state index is 0.284. The Morgan fingerprint density at radius 2 is 0.800 bits per heavy atom. The van der Waals surface area contributed by atoms with E-state index in [0.717, 1.165) is 6.07 Å². The van der Waals surface area contributed by atoms with Crippen LogP contribution < -0.4 is 0 Å². The van der Waals surface area contributed by atoms with Crippen molar-refractivity contribution in [3.8, 4) is 33.4 Å². The summed E-state index contributed by atoms with van der Waals surface area (Å²) in [6, 6.07) is -23.1. The molecule has 12 aromatic carbocycles. The van der Waals surface area contributed by atoms with Crippen LogP contribution in [-0.4, -0.2) is 0 Å². The van der Waals surface area contributed by atoms with Crippen LogP contribution in [0.4, 0.5) is 0 Å². The van der Waals surface area contributed by atoms with Gasteiger partial charge in [0.25, 0.3) is 0 Å². The van der Waals surface area contributed by atoms with Crippen LogP contribution >= 0.6 is 0 Å². The second-order valence-electron chi connectivity index (χ2n) is 12.9. The average Bonchev–Trinajstić information content (AvgIpc) is 1.38. The molecule has 252 valence electrons. The van der Waals surface area contributed by atoms with Crippen LogP contribution in [-0.2, 0) is 0 Å². The van der Waals surface area contributed by atoms with E-state index in [2.05, 4.69) is 0 Å². The van der Waals surface area contributed by atoms with Crippen LogP contribution in [0.15, 0.2) is 186 Å². The average molecular weight is 724 g/mol. The van der Waals surface area contributed by atoms with Crippen molar-refractivity contribution in [2.45, 2.75) is 0 Å². The van der Waals surface area contributed by atoms with E-state index < -0.39 is 274 Å². The van der Waals surface area contributed by atoms with Gasteiger partial charge in [-0.3, -0.25) is 0 Å². The van der Waals surface area contributed by atoms with Gasteiger partial charge in [-0.25, -0.2) is 0 Å². The summed E-state index contributed by atoms with van der Waals surface area (Å²) in [5.41, 5.74) is -5.53. The predicted octanol–water partition coefficient (Wildman–Crippen LogP) is 15.5. The Kier molecular flexibility index (Phi) is 2.58. The summed E-state index contributed by atoms with van der Waals surface area (Å²) in [5, 5.41) is -6.89. The lowest BCUT2D eigenvalue weighted by molar-refractivity contribution is 0.669. The van der Waals surface area contributed by atoms with Gasteiger partial charge in [-0.2, -0.15) is 0 Å². The standard InChI is InChI=1S/C54H30O/c1-2-10-42-31(5-1)20-28-49-54(42)47-30-39(21-27-48(47)55-49)41-23-19-38(40-22-15-36-13-11-32-6-3-8-34-17-25-44(40)52(36)50(32)34)29-46(41)43-24-16-37-14-12-33-7-4-9-35-18-26-45(43)53(37)51(33)35/h1-30H/i1D,2D,3D,4D,5D,6D,7D,8D,9D,10D,11D,12D,13D,14D,15D,16D,17D,18D,19D,20D,21D,22D,23D,24D,25D,26D,27D,28D,29D. The number of benzene rings is 12. The van der Waals surface area contributed by atoms with Gasteiger partial charge in [0.1, 0.15) is 11.2 Å². The van der Waals surface area contributed by atoms with Gasteiger partial charge in [0.15, 0.2) is 0 Å². The SMILES string of the molecule is [2H]c1c([2H])c(-c2cc3c(oc4c([2H])c([2H])c5c([2H])c([2H])c([2H])c([2H])c5c43)c([2H])c2[2H])c(-c2c([2H])c([2H])c3c([2H])c([2H])c4c([2H])c([2H])c([2H])c5c([2H])c([2H])c2c3c45)c([2H])c1-c1c([2H])c([2H])c2c([2H])c([2H])c3c([2H])c([2H])c([2H])c4c([2H])c([2H])c1c2c34. The molecule has 0 aliphatic carbocycles. The summed E-state index contributed by atoms with van der Waals surface area (Å²) in [4.78, 5) is 0. The first-order valence-corrected chi connectivity index (χ1v) is 16.7. The van der Waals surface area contributed by atoms with E-state index in [1.165, 1.54) is 0 Å². The highest BCUT2D eigenvalue weighted by molar-refractivity contribution is 6.27. The first kappa shape index (κ1) is 13.3. The van der Waals surface area contributed by atoms with Gasteiger partial charge in [-0.1, -0.05) is 157 Å². The van der Waals surface area contributed by atoms with E-state index in [1.54, 1.807) is 0 Å².